The van der Waals surface area contributed by atoms with Crippen LogP contribution in [0.4, 0.5) is 0 Å². The summed E-state index contributed by atoms with van der Waals surface area (Å²) in [4.78, 5) is 20.4. The molecule has 0 atom stereocenters. The lowest BCUT2D eigenvalue weighted by Crippen LogP contribution is -2.33. The Bertz CT molecular complexity index is 1270. The van der Waals surface area contributed by atoms with Crippen molar-refractivity contribution in [2.24, 2.45) is 0 Å². The van der Waals surface area contributed by atoms with Crippen molar-refractivity contribution in [2.45, 2.75) is 13.0 Å². The minimum atomic E-state index is -0.245. The molecule has 160 valence electrons. The molecule has 9 heteroatoms. The smallest absolute Gasteiger partial charge is 0.272 e. The van der Waals surface area contributed by atoms with Crippen molar-refractivity contribution in [1.29, 1.82) is 5.26 Å². The fraction of sp³-hybridized carbons (Fsp3) is 0.130. The van der Waals surface area contributed by atoms with Crippen LogP contribution in [0.3, 0.4) is 0 Å². The molecule has 1 aromatic carbocycles. The van der Waals surface area contributed by atoms with Gasteiger partial charge in [0.25, 0.3) is 5.91 Å². The van der Waals surface area contributed by atoms with Gasteiger partial charge in [0.1, 0.15) is 11.4 Å². The number of benzene rings is 1. The molecule has 0 saturated carbocycles. The second kappa shape index (κ2) is 9.96. The summed E-state index contributed by atoms with van der Waals surface area (Å²) in [6.07, 6.45) is 3.60. The Kier molecular flexibility index (Phi) is 6.86. The van der Waals surface area contributed by atoms with E-state index >= 15 is 0 Å². The number of carbonyl (C=O) groups excluding carboxylic acids is 1. The van der Waals surface area contributed by atoms with E-state index in [1.54, 1.807) is 46.2 Å². The predicted octanol–water partition coefficient (Wildman–Crippen LogP) is 5.86. The fourth-order valence-corrected chi connectivity index (χ4v) is 4.18. The summed E-state index contributed by atoms with van der Waals surface area (Å²) in [6, 6.07) is 16.6. The number of hydrogen-bond donors (Lipinski definition) is 0. The molecule has 0 aliphatic heterocycles. The van der Waals surface area contributed by atoms with Crippen LogP contribution >= 0.6 is 34.5 Å². The van der Waals surface area contributed by atoms with Gasteiger partial charge in [-0.3, -0.25) is 9.78 Å². The summed E-state index contributed by atoms with van der Waals surface area (Å²) < 4.78 is 1.57. The van der Waals surface area contributed by atoms with Gasteiger partial charge in [0, 0.05) is 25.5 Å². The van der Waals surface area contributed by atoms with Gasteiger partial charge in [0.15, 0.2) is 0 Å². The first-order valence-corrected chi connectivity index (χ1v) is 11.3. The summed E-state index contributed by atoms with van der Waals surface area (Å²) >= 11 is 13.9. The monoisotopic (exact) mass is 481 g/mol. The number of hydrogen-bond acceptors (Lipinski definition) is 5. The minimum absolute atomic E-state index is 0.213. The van der Waals surface area contributed by atoms with Crippen molar-refractivity contribution < 1.29 is 4.79 Å². The zero-order valence-corrected chi connectivity index (χ0v) is 19.1. The number of nitriles is 1. The average molecular weight is 482 g/mol. The van der Waals surface area contributed by atoms with Crippen molar-refractivity contribution in [2.75, 3.05) is 6.54 Å². The van der Waals surface area contributed by atoms with Gasteiger partial charge in [0.05, 0.1) is 33.1 Å². The molecule has 0 fully saturated rings. The molecule has 0 unspecified atom stereocenters. The summed E-state index contributed by atoms with van der Waals surface area (Å²) in [5, 5.41) is 16.5. The van der Waals surface area contributed by atoms with Crippen molar-refractivity contribution in [3.63, 3.8) is 0 Å². The van der Waals surface area contributed by atoms with Crippen LogP contribution in [0.1, 0.15) is 22.5 Å². The van der Waals surface area contributed by atoms with Crippen LogP contribution in [0.25, 0.3) is 16.3 Å². The summed E-state index contributed by atoms with van der Waals surface area (Å²) in [5.74, 6) is -0.245. The third-order valence-corrected chi connectivity index (χ3v) is 6.36. The van der Waals surface area contributed by atoms with Crippen LogP contribution in [0.2, 0.25) is 10.0 Å². The van der Waals surface area contributed by atoms with Crippen LogP contribution in [-0.4, -0.2) is 32.1 Å². The zero-order valence-electron chi connectivity index (χ0n) is 16.8. The van der Waals surface area contributed by atoms with Gasteiger partial charge in [0.2, 0.25) is 0 Å². The lowest BCUT2D eigenvalue weighted by Gasteiger charge is -2.22. The summed E-state index contributed by atoms with van der Waals surface area (Å²) in [5.41, 5.74) is 2.54. The van der Waals surface area contributed by atoms with Crippen LogP contribution in [0, 0.1) is 11.3 Å². The molecule has 4 aromatic rings. The third-order valence-electron chi connectivity index (χ3n) is 4.73. The molecule has 6 nitrogen and oxygen atoms in total. The van der Waals surface area contributed by atoms with Crippen molar-refractivity contribution in [3.8, 4) is 22.3 Å². The highest BCUT2D eigenvalue weighted by Gasteiger charge is 2.24. The van der Waals surface area contributed by atoms with E-state index in [9.17, 15) is 4.79 Å². The standard InChI is InChI=1S/C23H17Cl2N5OS/c24-18-7-6-17(12-19(18)25)30-21(13-20(28-30)22-5-2-11-32-22)23(31)29(10-3-8-26)15-16-4-1-9-27-14-16/h1-2,4-7,9,11-14H,3,10,15H2. The number of thiophene rings is 1. The topological polar surface area (TPSA) is 74.8 Å². The Balaban J connectivity index is 1.77. The van der Waals surface area contributed by atoms with Gasteiger partial charge in [-0.05, 0) is 47.3 Å². The largest absolute Gasteiger partial charge is 0.332 e. The number of halogens is 2. The first-order chi connectivity index (χ1) is 15.6. The van der Waals surface area contributed by atoms with E-state index < -0.39 is 0 Å². The van der Waals surface area contributed by atoms with Crippen molar-refractivity contribution >= 4 is 40.4 Å². The maximum absolute atomic E-state index is 13.7. The molecule has 4 rings (SSSR count). The molecule has 0 spiro atoms. The second-order valence-electron chi connectivity index (χ2n) is 6.90. The summed E-state index contributed by atoms with van der Waals surface area (Å²) in [7, 11) is 0. The Morgan fingerprint density at radius 1 is 1.16 bits per heavy atom. The molecular weight excluding hydrogens is 465 g/mol. The highest BCUT2D eigenvalue weighted by molar-refractivity contribution is 7.13. The molecule has 0 aliphatic carbocycles. The van der Waals surface area contributed by atoms with Crippen LogP contribution in [0.15, 0.2) is 66.3 Å². The van der Waals surface area contributed by atoms with E-state index in [1.165, 1.54) is 11.3 Å². The normalized spacial score (nSPS) is 10.7. The van der Waals surface area contributed by atoms with Gasteiger partial charge in [-0.1, -0.05) is 35.3 Å². The van der Waals surface area contributed by atoms with E-state index in [4.69, 9.17) is 28.5 Å². The van der Waals surface area contributed by atoms with Crippen LogP contribution < -0.4 is 0 Å². The predicted molar refractivity (Wildman–Crippen MR) is 126 cm³/mol. The second-order valence-corrected chi connectivity index (χ2v) is 8.66. The highest BCUT2D eigenvalue weighted by atomic mass is 35.5. The molecule has 3 heterocycles. The van der Waals surface area contributed by atoms with Gasteiger partial charge in [-0.15, -0.1) is 11.3 Å². The first-order valence-electron chi connectivity index (χ1n) is 9.71. The van der Waals surface area contributed by atoms with E-state index in [1.807, 2.05) is 29.6 Å². The van der Waals surface area contributed by atoms with Crippen molar-refractivity contribution in [1.82, 2.24) is 19.7 Å². The first kappa shape index (κ1) is 22.0. The summed E-state index contributed by atoms with van der Waals surface area (Å²) in [6.45, 7) is 0.611. The van der Waals surface area contributed by atoms with E-state index in [0.29, 0.717) is 33.7 Å². The van der Waals surface area contributed by atoms with Gasteiger partial charge in [-0.2, -0.15) is 10.4 Å². The molecule has 1 amide bonds. The number of aromatic nitrogens is 3. The molecular formula is C23H17Cl2N5OS. The number of amides is 1. The van der Waals surface area contributed by atoms with E-state index in [-0.39, 0.29) is 18.9 Å². The quantitative estimate of drug-likeness (QED) is 0.331. The molecule has 0 saturated heterocycles. The lowest BCUT2D eigenvalue weighted by atomic mass is 10.2. The van der Waals surface area contributed by atoms with Gasteiger partial charge >= 0.3 is 0 Å². The van der Waals surface area contributed by atoms with Crippen LogP contribution in [0.5, 0.6) is 0 Å². The third kappa shape index (κ3) is 4.83. The number of pyridine rings is 1. The average Bonchev–Trinajstić information content (AvgIpc) is 3.49. The van der Waals surface area contributed by atoms with Gasteiger partial charge in [-0.25, -0.2) is 4.68 Å². The van der Waals surface area contributed by atoms with E-state index in [0.717, 1.165) is 10.4 Å². The fourth-order valence-electron chi connectivity index (χ4n) is 3.20. The van der Waals surface area contributed by atoms with Crippen LogP contribution in [-0.2, 0) is 6.54 Å². The Labute approximate surface area is 199 Å². The molecule has 0 radical (unpaired) electrons. The molecule has 3 aromatic heterocycles. The Hall–Kier alpha value is -3.18. The number of rotatable bonds is 7. The zero-order chi connectivity index (χ0) is 22.5. The molecule has 32 heavy (non-hydrogen) atoms. The molecule has 0 aliphatic rings. The molecule has 0 N–H and O–H groups in total. The lowest BCUT2D eigenvalue weighted by molar-refractivity contribution is 0.0737. The maximum atomic E-state index is 13.7. The van der Waals surface area contributed by atoms with Crippen molar-refractivity contribution in [3.05, 3.63) is 87.6 Å². The SMILES string of the molecule is N#CCCN(Cc1cccnc1)C(=O)c1cc(-c2cccs2)nn1-c1ccc(Cl)c(Cl)c1. The number of carbonyl (C=O) groups is 1. The Morgan fingerprint density at radius 3 is 2.72 bits per heavy atom. The maximum Gasteiger partial charge on any atom is 0.272 e. The highest BCUT2D eigenvalue weighted by Crippen LogP contribution is 2.29. The minimum Gasteiger partial charge on any atom is -0.332 e. The Morgan fingerprint density at radius 2 is 2.03 bits per heavy atom. The number of nitrogens with zero attached hydrogens (tertiary/aromatic N) is 5. The molecule has 0 bridgehead atoms. The van der Waals surface area contributed by atoms with E-state index in [2.05, 4.69) is 16.2 Å². The van der Waals surface area contributed by atoms with Gasteiger partial charge < -0.3 is 4.90 Å².